The van der Waals surface area contributed by atoms with Crippen LogP contribution < -0.4 is 10.6 Å². The minimum Gasteiger partial charge on any atom is -0.306 e. The average Bonchev–Trinajstić information content (AvgIpc) is 3.24. The number of anilines is 1. The van der Waals surface area contributed by atoms with Crippen molar-refractivity contribution in [1.82, 2.24) is 15.2 Å². The van der Waals surface area contributed by atoms with Gasteiger partial charge in [-0.25, -0.2) is 4.98 Å². The molecule has 1 atom stereocenters. The topological polar surface area (TPSA) is 57.3 Å². The first kappa shape index (κ1) is 18.3. The van der Waals surface area contributed by atoms with Crippen LogP contribution in [0.2, 0.25) is 0 Å². The number of carbonyl (C=O) groups excluding carboxylic acids is 1. The van der Waals surface area contributed by atoms with Crippen molar-refractivity contribution in [2.45, 2.75) is 38.4 Å². The largest absolute Gasteiger partial charge is 0.306 e. The lowest BCUT2D eigenvalue weighted by Gasteiger charge is -2.25. The highest BCUT2D eigenvalue weighted by Gasteiger charge is 2.25. The van der Waals surface area contributed by atoms with E-state index in [9.17, 15) is 4.79 Å². The predicted molar refractivity (Wildman–Crippen MR) is 103 cm³/mol. The van der Waals surface area contributed by atoms with Crippen molar-refractivity contribution in [1.29, 1.82) is 0 Å². The molecule has 2 N–H and O–H groups in total. The van der Waals surface area contributed by atoms with Crippen LogP contribution in [0.5, 0.6) is 0 Å². The van der Waals surface area contributed by atoms with Crippen LogP contribution in [-0.2, 0) is 24.3 Å². The van der Waals surface area contributed by atoms with Gasteiger partial charge in [0.15, 0.2) is 5.13 Å². The lowest BCUT2D eigenvalue weighted by Crippen LogP contribution is -2.35. The van der Waals surface area contributed by atoms with Gasteiger partial charge in [0.1, 0.15) is 0 Å². The summed E-state index contributed by atoms with van der Waals surface area (Å²) in [6, 6.07) is 10.5. The van der Waals surface area contributed by atoms with Gasteiger partial charge < -0.3 is 10.6 Å². The van der Waals surface area contributed by atoms with Gasteiger partial charge in [-0.1, -0.05) is 30.3 Å². The number of carbonyl (C=O) groups is 1. The Morgan fingerprint density at radius 2 is 2.20 bits per heavy atom. The van der Waals surface area contributed by atoms with E-state index in [-0.39, 0.29) is 24.4 Å². The zero-order valence-electron chi connectivity index (χ0n) is 14.0. The van der Waals surface area contributed by atoms with E-state index in [2.05, 4.69) is 50.8 Å². The fraction of sp³-hybridized carbons (Fsp3) is 0.444. The van der Waals surface area contributed by atoms with Crippen molar-refractivity contribution < 1.29 is 4.79 Å². The van der Waals surface area contributed by atoms with Crippen LogP contribution in [0.4, 0.5) is 5.13 Å². The Balaban J connectivity index is 0.00000182. The van der Waals surface area contributed by atoms with Gasteiger partial charge in [0.2, 0.25) is 5.91 Å². The lowest BCUT2D eigenvalue weighted by atomic mass is 10.1. The molecule has 2 aliphatic rings. The quantitative estimate of drug-likeness (QED) is 0.858. The van der Waals surface area contributed by atoms with Crippen molar-refractivity contribution in [2.75, 3.05) is 18.4 Å². The highest BCUT2D eigenvalue weighted by molar-refractivity contribution is 7.15. The molecule has 134 valence electrons. The third-order valence-corrected chi connectivity index (χ3v) is 5.66. The first-order chi connectivity index (χ1) is 11.8. The van der Waals surface area contributed by atoms with Gasteiger partial charge in [0.25, 0.3) is 0 Å². The van der Waals surface area contributed by atoms with Crippen molar-refractivity contribution >= 4 is 34.8 Å². The third kappa shape index (κ3) is 4.39. The van der Waals surface area contributed by atoms with E-state index >= 15 is 0 Å². The number of halogens is 1. The summed E-state index contributed by atoms with van der Waals surface area (Å²) in [5.41, 5.74) is 2.49. The number of aromatic nitrogens is 1. The van der Waals surface area contributed by atoms with Crippen LogP contribution in [0.15, 0.2) is 30.3 Å². The number of nitrogens with zero attached hydrogens (tertiary/aromatic N) is 2. The van der Waals surface area contributed by atoms with E-state index < -0.39 is 0 Å². The number of benzene rings is 1. The molecule has 1 saturated heterocycles. The number of rotatable bonds is 4. The van der Waals surface area contributed by atoms with Gasteiger partial charge in [0, 0.05) is 30.9 Å². The molecular formula is C18H23ClN4OS. The molecule has 0 bridgehead atoms. The number of thiazole rings is 1. The minimum absolute atomic E-state index is 0. The Morgan fingerprint density at radius 1 is 1.36 bits per heavy atom. The number of nitrogens with one attached hydrogen (secondary N) is 2. The summed E-state index contributed by atoms with van der Waals surface area (Å²) in [6.45, 7) is 3.83. The molecule has 1 amide bonds. The molecule has 1 aromatic heterocycles. The number of amides is 1. The maximum Gasteiger partial charge on any atom is 0.243 e. The van der Waals surface area contributed by atoms with Crippen molar-refractivity contribution in [3.8, 4) is 0 Å². The Labute approximate surface area is 158 Å². The molecule has 1 unspecified atom stereocenters. The second-order valence-corrected chi connectivity index (χ2v) is 7.56. The number of hydrogen-bond acceptors (Lipinski definition) is 5. The molecule has 4 rings (SSSR count). The van der Waals surface area contributed by atoms with Gasteiger partial charge in [-0.15, -0.1) is 23.7 Å². The van der Waals surface area contributed by atoms with E-state index in [1.165, 1.54) is 10.4 Å². The third-order valence-electron chi connectivity index (χ3n) is 4.67. The van der Waals surface area contributed by atoms with Crippen LogP contribution in [0.3, 0.4) is 0 Å². The minimum atomic E-state index is -0.0551. The van der Waals surface area contributed by atoms with E-state index in [4.69, 9.17) is 0 Å². The summed E-state index contributed by atoms with van der Waals surface area (Å²) in [4.78, 5) is 20.6. The standard InChI is InChI=1S/C18H22N4OS.ClH/c23-17(15-7-4-9-19-15)21-18-20-14-8-10-22(12-16(14)24-18)11-13-5-2-1-3-6-13;/h1-3,5-6,15,19H,4,7-12H2,(H,20,21,23);1H. The second-order valence-electron chi connectivity index (χ2n) is 6.47. The molecule has 25 heavy (non-hydrogen) atoms. The zero-order chi connectivity index (χ0) is 16.4. The maximum atomic E-state index is 12.2. The first-order valence-corrected chi connectivity index (χ1v) is 9.39. The summed E-state index contributed by atoms with van der Waals surface area (Å²) >= 11 is 1.62. The summed E-state index contributed by atoms with van der Waals surface area (Å²) in [5.74, 6) is 0.0553. The SMILES string of the molecule is Cl.O=C(Nc1nc2c(s1)CN(Cc1ccccc1)CC2)C1CCCN1. The fourth-order valence-electron chi connectivity index (χ4n) is 3.38. The van der Waals surface area contributed by atoms with Gasteiger partial charge in [0.05, 0.1) is 11.7 Å². The maximum absolute atomic E-state index is 12.2. The van der Waals surface area contributed by atoms with Crippen molar-refractivity contribution in [2.24, 2.45) is 0 Å². The Morgan fingerprint density at radius 3 is 2.96 bits per heavy atom. The average molecular weight is 379 g/mol. The Hall–Kier alpha value is -1.47. The van der Waals surface area contributed by atoms with Gasteiger partial charge in [-0.3, -0.25) is 9.69 Å². The monoisotopic (exact) mass is 378 g/mol. The van der Waals surface area contributed by atoms with Gasteiger partial charge in [-0.2, -0.15) is 0 Å². The molecule has 0 spiro atoms. The Kier molecular flexibility index (Phi) is 6.06. The number of hydrogen-bond donors (Lipinski definition) is 2. The Bertz CT molecular complexity index is 715. The van der Waals surface area contributed by atoms with Crippen molar-refractivity contribution in [3.63, 3.8) is 0 Å². The smallest absolute Gasteiger partial charge is 0.243 e. The highest BCUT2D eigenvalue weighted by Crippen LogP contribution is 2.29. The van der Waals surface area contributed by atoms with Gasteiger partial charge in [-0.05, 0) is 24.9 Å². The molecule has 0 saturated carbocycles. The number of fused-ring (bicyclic) bond motifs is 1. The highest BCUT2D eigenvalue weighted by atomic mass is 35.5. The molecule has 1 aromatic carbocycles. The molecule has 2 aromatic rings. The van der Waals surface area contributed by atoms with Crippen LogP contribution in [0.25, 0.3) is 0 Å². The van der Waals surface area contributed by atoms with Crippen LogP contribution >= 0.6 is 23.7 Å². The summed E-state index contributed by atoms with van der Waals surface area (Å²) in [5, 5.41) is 6.97. The van der Waals surface area contributed by atoms with Crippen LogP contribution in [-0.4, -0.2) is 34.9 Å². The van der Waals surface area contributed by atoms with E-state index in [0.717, 1.165) is 56.3 Å². The normalized spacial score (nSPS) is 19.9. The van der Waals surface area contributed by atoms with E-state index in [1.807, 2.05) is 0 Å². The second kappa shape index (κ2) is 8.27. The predicted octanol–water partition coefficient (Wildman–Crippen LogP) is 2.81. The molecule has 5 nitrogen and oxygen atoms in total. The van der Waals surface area contributed by atoms with E-state index in [0.29, 0.717) is 0 Å². The fourth-order valence-corrected chi connectivity index (χ4v) is 4.43. The zero-order valence-corrected chi connectivity index (χ0v) is 15.7. The summed E-state index contributed by atoms with van der Waals surface area (Å²) in [7, 11) is 0. The molecular weight excluding hydrogens is 356 g/mol. The van der Waals surface area contributed by atoms with E-state index in [1.54, 1.807) is 11.3 Å². The molecule has 7 heteroatoms. The molecule has 3 heterocycles. The lowest BCUT2D eigenvalue weighted by molar-refractivity contribution is -0.117. The van der Waals surface area contributed by atoms with Crippen LogP contribution in [0, 0.1) is 0 Å². The van der Waals surface area contributed by atoms with Crippen LogP contribution in [0.1, 0.15) is 29.0 Å². The van der Waals surface area contributed by atoms with Crippen molar-refractivity contribution in [3.05, 3.63) is 46.5 Å². The molecule has 0 radical (unpaired) electrons. The molecule has 0 aliphatic carbocycles. The van der Waals surface area contributed by atoms with Gasteiger partial charge >= 0.3 is 0 Å². The summed E-state index contributed by atoms with van der Waals surface area (Å²) in [6.07, 6.45) is 2.94. The first-order valence-electron chi connectivity index (χ1n) is 8.57. The molecule has 2 aliphatic heterocycles. The summed E-state index contributed by atoms with van der Waals surface area (Å²) < 4.78 is 0. The molecule has 1 fully saturated rings.